The minimum absolute atomic E-state index is 0.132. The Labute approximate surface area is 112 Å². The first-order chi connectivity index (χ1) is 9.22. The van der Waals surface area contributed by atoms with Gasteiger partial charge in [-0.3, -0.25) is 9.69 Å². The average molecular weight is 261 g/mol. The van der Waals surface area contributed by atoms with Gasteiger partial charge in [0.1, 0.15) is 5.82 Å². The van der Waals surface area contributed by atoms with Gasteiger partial charge in [0.15, 0.2) is 0 Å². The topological polar surface area (TPSA) is 47.3 Å². The van der Waals surface area contributed by atoms with Crippen molar-refractivity contribution in [1.29, 1.82) is 5.26 Å². The van der Waals surface area contributed by atoms with Crippen molar-refractivity contribution in [2.75, 3.05) is 32.7 Å². The SMILES string of the molecule is N#CCCN1CCN(C(=O)c2ccccc2F)CC1. The van der Waals surface area contributed by atoms with E-state index in [0.29, 0.717) is 19.5 Å². The third kappa shape index (κ3) is 3.30. The van der Waals surface area contributed by atoms with Crippen molar-refractivity contribution in [1.82, 2.24) is 9.80 Å². The molecular formula is C14H16FN3O. The Morgan fingerprint density at radius 2 is 1.95 bits per heavy atom. The molecule has 2 rings (SSSR count). The lowest BCUT2D eigenvalue weighted by Gasteiger charge is -2.34. The summed E-state index contributed by atoms with van der Waals surface area (Å²) in [5, 5.41) is 8.53. The summed E-state index contributed by atoms with van der Waals surface area (Å²) in [6.45, 7) is 3.37. The molecular weight excluding hydrogens is 245 g/mol. The first kappa shape index (κ1) is 13.5. The second-order valence-electron chi connectivity index (χ2n) is 4.52. The van der Waals surface area contributed by atoms with Crippen molar-refractivity contribution in [2.45, 2.75) is 6.42 Å². The molecule has 0 aliphatic carbocycles. The molecule has 1 aromatic carbocycles. The lowest BCUT2D eigenvalue weighted by atomic mass is 10.1. The molecule has 1 heterocycles. The van der Waals surface area contributed by atoms with Crippen molar-refractivity contribution in [3.8, 4) is 6.07 Å². The molecule has 5 heteroatoms. The highest BCUT2D eigenvalue weighted by Gasteiger charge is 2.23. The predicted molar refractivity (Wildman–Crippen MR) is 69.0 cm³/mol. The number of piperazine rings is 1. The summed E-state index contributed by atoms with van der Waals surface area (Å²) in [7, 11) is 0. The van der Waals surface area contributed by atoms with Crippen LogP contribution in [0.1, 0.15) is 16.8 Å². The Bertz CT molecular complexity index is 490. The van der Waals surface area contributed by atoms with Gasteiger partial charge in [-0.2, -0.15) is 5.26 Å². The first-order valence-corrected chi connectivity index (χ1v) is 6.35. The Morgan fingerprint density at radius 1 is 1.26 bits per heavy atom. The van der Waals surface area contributed by atoms with Crippen LogP contribution in [0.5, 0.6) is 0 Å². The summed E-state index contributed by atoms with van der Waals surface area (Å²) >= 11 is 0. The minimum Gasteiger partial charge on any atom is -0.336 e. The lowest BCUT2D eigenvalue weighted by molar-refractivity contribution is 0.0635. The van der Waals surface area contributed by atoms with Crippen LogP contribution in [0.4, 0.5) is 4.39 Å². The molecule has 1 amide bonds. The Balaban J connectivity index is 1.93. The van der Waals surface area contributed by atoms with Crippen LogP contribution in [-0.2, 0) is 0 Å². The molecule has 1 saturated heterocycles. The van der Waals surface area contributed by atoms with Crippen molar-refractivity contribution in [3.63, 3.8) is 0 Å². The fraction of sp³-hybridized carbons (Fsp3) is 0.429. The molecule has 0 N–H and O–H groups in total. The van der Waals surface area contributed by atoms with Gasteiger partial charge in [0.25, 0.3) is 5.91 Å². The van der Waals surface area contributed by atoms with E-state index in [0.717, 1.165) is 19.6 Å². The highest BCUT2D eigenvalue weighted by molar-refractivity contribution is 5.94. The monoisotopic (exact) mass is 261 g/mol. The van der Waals surface area contributed by atoms with Crippen LogP contribution in [0.3, 0.4) is 0 Å². The van der Waals surface area contributed by atoms with Crippen LogP contribution >= 0.6 is 0 Å². The van der Waals surface area contributed by atoms with Crippen molar-refractivity contribution in [3.05, 3.63) is 35.6 Å². The normalized spacial score (nSPS) is 16.1. The molecule has 1 aliphatic rings. The molecule has 1 aromatic rings. The fourth-order valence-electron chi connectivity index (χ4n) is 2.19. The van der Waals surface area contributed by atoms with Crippen LogP contribution in [0.15, 0.2) is 24.3 Å². The molecule has 1 fully saturated rings. The van der Waals surface area contributed by atoms with Gasteiger partial charge in [-0.25, -0.2) is 4.39 Å². The summed E-state index contributed by atoms with van der Waals surface area (Å²) in [6.07, 6.45) is 0.501. The zero-order valence-electron chi connectivity index (χ0n) is 10.7. The highest BCUT2D eigenvalue weighted by atomic mass is 19.1. The Kier molecular flexibility index (Phi) is 4.48. The van der Waals surface area contributed by atoms with Gasteiger partial charge in [-0.15, -0.1) is 0 Å². The molecule has 0 unspecified atom stereocenters. The van der Waals surface area contributed by atoms with Crippen LogP contribution in [0.25, 0.3) is 0 Å². The largest absolute Gasteiger partial charge is 0.336 e. The van der Waals surface area contributed by atoms with Crippen LogP contribution in [0, 0.1) is 17.1 Å². The van der Waals surface area contributed by atoms with Crippen LogP contribution in [-0.4, -0.2) is 48.4 Å². The number of amides is 1. The summed E-state index contributed by atoms with van der Waals surface area (Å²) in [6, 6.07) is 8.17. The summed E-state index contributed by atoms with van der Waals surface area (Å²) in [5.41, 5.74) is 0.132. The van der Waals surface area contributed by atoms with Gasteiger partial charge in [-0.05, 0) is 12.1 Å². The maximum absolute atomic E-state index is 13.5. The first-order valence-electron chi connectivity index (χ1n) is 6.35. The lowest BCUT2D eigenvalue weighted by Crippen LogP contribution is -2.48. The number of nitrogens with zero attached hydrogens (tertiary/aromatic N) is 3. The fourth-order valence-corrected chi connectivity index (χ4v) is 2.19. The van der Waals surface area contributed by atoms with E-state index in [1.165, 1.54) is 12.1 Å². The third-order valence-electron chi connectivity index (χ3n) is 3.30. The predicted octanol–water partition coefficient (Wildman–Crippen LogP) is 1.50. The third-order valence-corrected chi connectivity index (χ3v) is 3.30. The smallest absolute Gasteiger partial charge is 0.256 e. The molecule has 19 heavy (non-hydrogen) atoms. The van der Waals surface area contributed by atoms with Gasteiger partial charge in [-0.1, -0.05) is 12.1 Å². The van der Waals surface area contributed by atoms with Crippen LogP contribution in [0.2, 0.25) is 0 Å². The van der Waals surface area contributed by atoms with E-state index in [-0.39, 0.29) is 11.5 Å². The second-order valence-corrected chi connectivity index (χ2v) is 4.52. The maximum atomic E-state index is 13.5. The molecule has 100 valence electrons. The Hall–Kier alpha value is -1.93. The van der Waals surface area contributed by atoms with Gasteiger partial charge in [0.05, 0.1) is 11.6 Å². The number of carbonyl (C=O) groups is 1. The minimum atomic E-state index is -0.473. The number of benzene rings is 1. The summed E-state index contributed by atoms with van der Waals surface area (Å²) in [4.78, 5) is 16.0. The van der Waals surface area contributed by atoms with Crippen molar-refractivity contribution < 1.29 is 9.18 Å². The van der Waals surface area contributed by atoms with Crippen LogP contribution < -0.4 is 0 Å². The van der Waals surface area contributed by atoms with Gasteiger partial charge in [0.2, 0.25) is 0 Å². The molecule has 1 aliphatic heterocycles. The van der Waals surface area contributed by atoms with Crippen molar-refractivity contribution >= 4 is 5.91 Å². The molecule has 0 saturated carbocycles. The summed E-state index contributed by atoms with van der Waals surface area (Å²) < 4.78 is 13.5. The molecule has 0 atom stereocenters. The van der Waals surface area contributed by atoms with Gasteiger partial charge >= 0.3 is 0 Å². The molecule has 0 spiro atoms. The van der Waals surface area contributed by atoms with Gasteiger partial charge in [0, 0.05) is 39.1 Å². The zero-order valence-corrected chi connectivity index (χ0v) is 10.7. The number of hydrogen-bond donors (Lipinski definition) is 0. The highest BCUT2D eigenvalue weighted by Crippen LogP contribution is 2.12. The van der Waals surface area contributed by atoms with E-state index in [1.807, 2.05) is 0 Å². The number of carbonyl (C=O) groups excluding carboxylic acids is 1. The number of nitriles is 1. The quantitative estimate of drug-likeness (QED) is 0.828. The molecule has 0 bridgehead atoms. The van der Waals surface area contributed by atoms with Crippen molar-refractivity contribution in [2.24, 2.45) is 0 Å². The van der Waals surface area contributed by atoms with E-state index in [4.69, 9.17) is 5.26 Å². The summed E-state index contributed by atoms with van der Waals surface area (Å²) in [5.74, 6) is -0.725. The average Bonchev–Trinajstić information content (AvgIpc) is 2.45. The molecule has 0 aromatic heterocycles. The number of hydrogen-bond acceptors (Lipinski definition) is 3. The maximum Gasteiger partial charge on any atom is 0.256 e. The number of rotatable bonds is 3. The Morgan fingerprint density at radius 3 is 2.58 bits per heavy atom. The van der Waals surface area contributed by atoms with E-state index >= 15 is 0 Å². The van der Waals surface area contributed by atoms with E-state index in [9.17, 15) is 9.18 Å². The standard InChI is InChI=1S/C14H16FN3O/c15-13-5-2-1-4-12(13)14(19)18-10-8-17(9-11-18)7-3-6-16/h1-2,4-5H,3,7-11H2. The van der Waals surface area contributed by atoms with E-state index in [1.54, 1.807) is 17.0 Å². The number of halogens is 1. The second kappa shape index (κ2) is 6.30. The zero-order chi connectivity index (χ0) is 13.7. The van der Waals surface area contributed by atoms with E-state index in [2.05, 4.69) is 11.0 Å². The molecule has 0 radical (unpaired) electrons. The van der Waals surface area contributed by atoms with Gasteiger partial charge < -0.3 is 4.90 Å². The van der Waals surface area contributed by atoms with E-state index < -0.39 is 5.82 Å². The molecule has 4 nitrogen and oxygen atoms in total.